The van der Waals surface area contributed by atoms with Gasteiger partial charge in [0.15, 0.2) is 0 Å². The molecule has 0 spiro atoms. The van der Waals surface area contributed by atoms with Crippen LogP contribution in [0.1, 0.15) is 19.0 Å². The van der Waals surface area contributed by atoms with Crippen molar-refractivity contribution < 1.29 is 27.1 Å². The number of methoxy groups -OCH3 is 1. The number of ether oxygens (including phenoxy) is 2. The van der Waals surface area contributed by atoms with Crippen molar-refractivity contribution in [1.29, 1.82) is 0 Å². The van der Waals surface area contributed by atoms with E-state index < -0.39 is 28.0 Å². The Labute approximate surface area is 167 Å². The smallest absolute Gasteiger partial charge is 0.411 e. The molecule has 156 valence electrons. The van der Waals surface area contributed by atoms with Gasteiger partial charge in [0.2, 0.25) is 15.8 Å². The third-order valence-electron chi connectivity index (χ3n) is 4.47. The lowest BCUT2D eigenvalue weighted by Crippen LogP contribution is -2.31. The number of hydrogen-bond acceptors (Lipinski definition) is 7. The van der Waals surface area contributed by atoms with Crippen LogP contribution in [0.4, 0.5) is 14.9 Å². The molecule has 1 fully saturated rings. The number of carbonyl (C=O) groups excluding carboxylic acids is 1. The minimum Gasteiger partial charge on any atom is -0.471 e. The molecule has 0 radical (unpaired) electrons. The van der Waals surface area contributed by atoms with Crippen LogP contribution in [0.25, 0.3) is 0 Å². The van der Waals surface area contributed by atoms with E-state index in [-0.39, 0.29) is 29.6 Å². The number of hydrogen-bond donors (Lipinski definition) is 1. The molecule has 9 nitrogen and oxygen atoms in total. The Morgan fingerprint density at radius 3 is 2.69 bits per heavy atom. The first-order chi connectivity index (χ1) is 13.8. The van der Waals surface area contributed by atoms with Gasteiger partial charge in [-0.15, -0.1) is 0 Å². The molecule has 1 N–H and O–H groups in total. The van der Waals surface area contributed by atoms with Crippen LogP contribution >= 0.6 is 0 Å². The second-order valence-electron chi connectivity index (χ2n) is 6.33. The van der Waals surface area contributed by atoms with Gasteiger partial charge in [0.25, 0.3) is 5.88 Å². The first-order valence-corrected chi connectivity index (χ1v) is 10.4. The molecule has 3 rings (SSSR count). The number of nitrogens with zero attached hydrogens (tertiary/aromatic N) is 3. The summed E-state index contributed by atoms with van der Waals surface area (Å²) < 4.78 is 51.3. The van der Waals surface area contributed by atoms with E-state index in [1.165, 1.54) is 42.0 Å². The molecule has 2 aromatic rings. The summed E-state index contributed by atoms with van der Waals surface area (Å²) in [5, 5.41) is 2.45. The summed E-state index contributed by atoms with van der Waals surface area (Å²) >= 11 is 0. The lowest BCUT2D eigenvalue weighted by molar-refractivity contribution is 0.187. The number of carbonyl (C=O) groups is 1. The molecule has 11 heteroatoms. The van der Waals surface area contributed by atoms with Gasteiger partial charge in [-0.1, -0.05) is 6.92 Å². The number of aromatic nitrogens is 2. The maximum atomic E-state index is 14.3. The van der Waals surface area contributed by atoms with Gasteiger partial charge in [0.05, 0.1) is 24.2 Å². The number of amides is 1. The fourth-order valence-corrected chi connectivity index (χ4v) is 4.40. The summed E-state index contributed by atoms with van der Waals surface area (Å²) in [5.74, 6) is -0.788. The Balaban J connectivity index is 1.68. The maximum absolute atomic E-state index is 14.3. The second kappa shape index (κ2) is 8.70. The van der Waals surface area contributed by atoms with Crippen LogP contribution in [-0.4, -0.2) is 55.1 Å². The van der Waals surface area contributed by atoms with Gasteiger partial charge in [-0.05, 0) is 37.1 Å². The van der Waals surface area contributed by atoms with E-state index in [0.29, 0.717) is 18.5 Å². The van der Waals surface area contributed by atoms with Crippen LogP contribution in [0.3, 0.4) is 0 Å². The SMILES string of the molecule is CCc1ncnc(OC2CCN(S(=O)(=O)c3ccc(NC(=O)OC)cc3)C2)c1F. The molecule has 1 saturated heterocycles. The number of benzene rings is 1. The number of anilines is 1. The minimum absolute atomic E-state index is 0.0788. The Hall–Kier alpha value is -2.79. The standard InChI is InChI=1S/C18H21FN4O5S/c1-3-15-16(19)17(21-11-20-15)28-13-8-9-23(10-13)29(25,26)14-6-4-12(5-7-14)22-18(24)27-2/h4-7,11,13H,3,8-10H2,1-2H3,(H,22,24). The highest BCUT2D eigenvalue weighted by atomic mass is 32.2. The molecule has 1 aliphatic heterocycles. The summed E-state index contributed by atoms with van der Waals surface area (Å²) in [6, 6.07) is 5.73. The largest absolute Gasteiger partial charge is 0.471 e. The van der Waals surface area contributed by atoms with Gasteiger partial charge in [0.1, 0.15) is 12.4 Å². The van der Waals surface area contributed by atoms with E-state index >= 15 is 0 Å². The van der Waals surface area contributed by atoms with Crippen molar-refractivity contribution in [2.75, 3.05) is 25.5 Å². The second-order valence-corrected chi connectivity index (χ2v) is 8.26. The van der Waals surface area contributed by atoms with Crippen molar-refractivity contribution in [2.45, 2.75) is 30.8 Å². The zero-order chi connectivity index (χ0) is 21.0. The highest BCUT2D eigenvalue weighted by Crippen LogP contribution is 2.26. The molecule has 1 aliphatic rings. The van der Waals surface area contributed by atoms with E-state index in [4.69, 9.17) is 4.74 Å². The molecule has 1 aromatic carbocycles. The molecule has 1 unspecified atom stereocenters. The molecule has 1 amide bonds. The van der Waals surface area contributed by atoms with Crippen molar-refractivity contribution in [3.63, 3.8) is 0 Å². The summed E-state index contributed by atoms with van der Waals surface area (Å²) in [5.41, 5.74) is 0.655. The van der Waals surface area contributed by atoms with Gasteiger partial charge >= 0.3 is 6.09 Å². The molecule has 0 saturated carbocycles. The molecule has 1 atom stereocenters. The van der Waals surface area contributed by atoms with E-state index in [1.54, 1.807) is 6.92 Å². The van der Waals surface area contributed by atoms with Crippen LogP contribution in [0.5, 0.6) is 5.88 Å². The lowest BCUT2D eigenvalue weighted by Gasteiger charge is -2.17. The van der Waals surface area contributed by atoms with Crippen molar-refractivity contribution >= 4 is 21.8 Å². The Bertz CT molecular complexity index is 984. The van der Waals surface area contributed by atoms with Crippen LogP contribution < -0.4 is 10.1 Å². The number of aryl methyl sites for hydroxylation is 1. The highest BCUT2D eigenvalue weighted by Gasteiger charge is 2.34. The van der Waals surface area contributed by atoms with E-state index in [0.717, 1.165) is 0 Å². The van der Waals surface area contributed by atoms with Crippen molar-refractivity contribution in [2.24, 2.45) is 0 Å². The Kier molecular flexibility index (Phi) is 6.28. The van der Waals surface area contributed by atoms with Crippen LogP contribution in [0.15, 0.2) is 35.5 Å². The molecular formula is C18H21FN4O5S. The van der Waals surface area contributed by atoms with Crippen LogP contribution in [0.2, 0.25) is 0 Å². The third kappa shape index (κ3) is 4.62. The van der Waals surface area contributed by atoms with Gasteiger partial charge in [-0.3, -0.25) is 5.32 Å². The number of rotatable bonds is 6. The normalized spacial score (nSPS) is 17.1. The van der Waals surface area contributed by atoms with E-state index in [2.05, 4.69) is 20.0 Å². The van der Waals surface area contributed by atoms with Crippen molar-refractivity contribution in [1.82, 2.24) is 14.3 Å². The summed E-state index contributed by atoms with van der Waals surface area (Å²) in [7, 11) is -2.52. The molecular weight excluding hydrogens is 403 g/mol. The maximum Gasteiger partial charge on any atom is 0.411 e. The molecule has 0 bridgehead atoms. The average molecular weight is 424 g/mol. The highest BCUT2D eigenvalue weighted by molar-refractivity contribution is 7.89. The van der Waals surface area contributed by atoms with Gasteiger partial charge in [-0.2, -0.15) is 13.7 Å². The van der Waals surface area contributed by atoms with Crippen LogP contribution in [-0.2, 0) is 21.2 Å². The molecule has 0 aliphatic carbocycles. The molecule has 29 heavy (non-hydrogen) atoms. The molecule has 1 aromatic heterocycles. The van der Waals surface area contributed by atoms with Gasteiger partial charge < -0.3 is 9.47 Å². The summed E-state index contributed by atoms with van der Waals surface area (Å²) in [4.78, 5) is 19.0. The van der Waals surface area contributed by atoms with Gasteiger partial charge in [0, 0.05) is 12.2 Å². The van der Waals surface area contributed by atoms with Crippen LogP contribution in [0, 0.1) is 5.82 Å². The predicted octanol–water partition coefficient (Wildman–Crippen LogP) is 2.20. The predicted molar refractivity (Wildman–Crippen MR) is 102 cm³/mol. The van der Waals surface area contributed by atoms with E-state index in [1.807, 2.05) is 0 Å². The van der Waals surface area contributed by atoms with E-state index in [9.17, 15) is 17.6 Å². The van der Waals surface area contributed by atoms with Gasteiger partial charge in [-0.25, -0.2) is 18.2 Å². The monoisotopic (exact) mass is 424 g/mol. The number of halogens is 1. The first kappa shape index (κ1) is 20.9. The quantitative estimate of drug-likeness (QED) is 0.757. The number of sulfonamides is 1. The fourth-order valence-electron chi connectivity index (χ4n) is 2.91. The molecule has 2 heterocycles. The zero-order valence-electron chi connectivity index (χ0n) is 16.0. The summed E-state index contributed by atoms with van der Waals surface area (Å²) in [6.45, 7) is 2.09. The topological polar surface area (TPSA) is 111 Å². The van der Waals surface area contributed by atoms with Crippen molar-refractivity contribution in [3.05, 3.63) is 42.1 Å². The average Bonchev–Trinajstić information content (AvgIpc) is 3.19. The fraction of sp³-hybridized carbons (Fsp3) is 0.389. The zero-order valence-corrected chi connectivity index (χ0v) is 16.8. The Morgan fingerprint density at radius 1 is 1.31 bits per heavy atom. The number of nitrogens with one attached hydrogen (secondary N) is 1. The Morgan fingerprint density at radius 2 is 2.03 bits per heavy atom. The lowest BCUT2D eigenvalue weighted by atomic mass is 10.3. The minimum atomic E-state index is -3.75. The third-order valence-corrected chi connectivity index (χ3v) is 6.35. The summed E-state index contributed by atoms with van der Waals surface area (Å²) in [6.07, 6.45) is 0.871. The van der Waals surface area contributed by atoms with Crippen molar-refractivity contribution in [3.8, 4) is 5.88 Å². The first-order valence-electron chi connectivity index (χ1n) is 8.96.